The average Bonchev–Trinajstić information content (AvgIpc) is 2.66. The molecule has 3 nitrogen and oxygen atoms in total. The van der Waals surface area contributed by atoms with Crippen molar-refractivity contribution < 1.29 is 4.79 Å². The molecule has 0 radical (unpaired) electrons. The van der Waals surface area contributed by atoms with Crippen molar-refractivity contribution in [1.29, 1.82) is 0 Å². The normalized spacial score (nSPS) is 16.6. The number of benzene rings is 1. The molecular formula is C16H24N2O. The maximum atomic E-state index is 12.3. The lowest BCUT2D eigenvalue weighted by Crippen LogP contribution is -2.44. The van der Waals surface area contributed by atoms with Gasteiger partial charge in [0, 0.05) is 13.1 Å². The second-order valence-corrected chi connectivity index (χ2v) is 5.34. The van der Waals surface area contributed by atoms with E-state index in [1.165, 1.54) is 11.1 Å². The highest BCUT2D eigenvalue weighted by Gasteiger charge is 2.22. The zero-order chi connectivity index (χ0) is 13.7. The minimum Gasteiger partial charge on any atom is -0.341 e. The molecule has 1 heterocycles. The number of amides is 1. The van der Waals surface area contributed by atoms with Gasteiger partial charge in [0.15, 0.2) is 0 Å². The van der Waals surface area contributed by atoms with E-state index in [1.807, 2.05) is 4.90 Å². The van der Waals surface area contributed by atoms with Crippen molar-refractivity contribution in [2.45, 2.75) is 45.1 Å². The van der Waals surface area contributed by atoms with Crippen LogP contribution in [0.5, 0.6) is 0 Å². The number of carbonyl (C=O) groups excluding carboxylic acids is 1. The Morgan fingerprint density at radius 3 is 2.37 bits per heavy atom. The third-order valence-electron chi connectivity index (χ3n) is 3.92. The lowest BCUT2D eigenvalue weighted by Gasteiger charge is -2.24. The summed E-state index contributed by atoms with van der Waals surface area (Å²) in [5, 5.41) is 0. The fraction of sp³-hybridized carbons (Fsp3) is 0.562. The van der Waals surface area contributed by atoms with Crippen LogP contribution in [0.3, 0.4) is 0 Å². The van der Waals surface area contributed by atoms with Crippen molar-refractivity contribution in [3.05, 3.63) is 35.4 Å². The van der Waals surface area contributed by atoms with Crippen LogP contribution >= 0.6 is 0 Å². The summed E-state index contributed by atoms with van der Waals surface area (Å²) in [6.45, 7) is 3.73. The minimum atomic E-state index is -0.318. The molecule has 19 heavy (non-hydrogen) atoms. The van der Waals surface area contributed by atoms with Gasteiger partial charge in [0.25, 0.3) is 0 Å². The molecular weight excluding hydrogens is 236 g/mol. The lowest BCUT2D eigenvalue weighted by molar-refractivity contribution is -0.132. The zero-order valence-electron chi connectivity index (χ0n) is 11.8. The van der Waals surface area contributed by atoms with Gasteiger partial charge in [-0.25, -0.2) is 0 Å². The van der Waals surface area contributed by atoms with Crippen LogP contribution in [0.4, 0.5) is 0 Å². The molecule has 0 aliphatic carbocycles. The van der Waals surface area contributed by atoms with E-state index in [4.69, 9.17) is 5.73 Å². The highest BCUT2D eigenvalue weighted by Crippen LogP contribution is 2.16. The first-order valence-corrected chi connectivity index (χ1v) is 7.33. The molecule has 1 unspecified atom stereocenters. The summed E-state index contributed by atoms with van der Waals surface area (Å²) < 4.78 is 0. The Morgan fingerprint density at radius 1 is 1.26 bits per heavy atom. The molecule has 1 atom stereocenters. The molecule has 104 valence electrons. The topological polar surface area (TPSA) is 46.3 Å². The van der Waals surface area contributed by atoms with Gasteiger partial charge in [-0.2, -0.15) is 0 Å². The third kappa shape index (κ3) is 3.57. The van der Waals surface area contributed by atoms with E-state index in [-0.39, 0.29) is 11.9 Å². The highest BCUT2D eigenvalue weighted by molar-refractivity contribution is 5.81. The zero-order valence-corrected chi connectivity index (χ0v) is 11.8. The third-order valence-corrected chi connectivity index (χ3v) is 3.92. The summed E-state index contributed by atoms with van der Waals surface area (Å²) in [7, 11) is 0. The molecule has 0 fully saturated rings. The molecule has 1 amide bonds. The number of unbranched alkanes of at least 4 members (excludes halogenated alkanes) is 1. The lowest BCUT2D eigenvalue weighted by atomic mass is 10.0. The molecule has 1 aliphatic rings. The van der Waals surface area contributed by atoms with Crippen LogP contribution < -0.4 is 5.73 Å². The summed E-state index contributed by atoms with van der Waals surface area (Å²) in [6.07, 6.45) is 4.82. The fourth-order valence-corrected chi connectivity index (χ4v) is 2.67. The van der Waals surface area contributed by atoms with Gasteiger partial charge in [-0.1, -0.05) is 44.0 Å². The van der Waals surface area contributed by atoms with Crippen molar-refractivity contribution in [1.82, 2.24) is 4.90 Å². The molecule has 0 aromatic heterocycles. The molecule has 2 rings (SSSR count). The van der Waals surface area contributed by atoms with Crippen molar-refractivity contribution in [3.8, 4) is 0 Å². The van der Waals surface area contributed by atoms with E-state index in [9.17, 15) is 4.79 Å². The molecule has 1 aromatic carbocycles. The van der Waals surface area contributed by atoms with Gasteiger partial charge in [0.05, 0.1) is 6.04 Å². The van der Waals surface area contributed by atoms with Gasteiger partial charge in [0.1, 0.15) is 0 Å². The van der Waals surface area contributed by atoms with Gasteiger partial charge in [-0.15, -0.1) is 0 Å². The van der Waals surface area contributed by atoms with Crippen molar-refractivity contribution >= 4 is 5.91 Å². The molecule has 0 saturated carbocycles. The number of carbonyl (C=O) groups is 1. The number of rotatable bonds is 4. The average molecular weight is 260 g/mol. The summed E-state index contributed by atoms with van der Waals surface area (Å²) in [5.41, 5.74) is 8.75. The van der Waals surface area contributed by atoms with Gasteiger partial charge >= 0.3 is 0 Å². The number of hydrogen-bond acceptors (Lipinski definition) is 2. The van der Waals surface area contributed by atoms with E-state index in [1.54, 1.807) is 0 Å². The maximum absolute atomic E-state index is 12.3. The van der Waals surface area contributed by atoms with Gasteiger partial charge in [-0.3, -0.25) is 4.79 Å². The predicted molar refractivity (Wildman–Crippen MR) is 77.9 cm³/mol. The SMILES string of the molecule is CCCCC(N)C(=O)N1CCc2ccccc2CC1. The molecule has 0 saturated heterocycles. The Hall–Kier alpha value is -1.35. The minimum absolute atomic E-state index is 0.126. The van der Waals surface area contributed by atoms with E-state index in [2.05, 4.69) is 31.2 Å². The first kappa shape index (κ1) is 14.1. The molecule has 3 heteroatoms. The quantitative estimate of drug-likeness (QED) is 0.901. The van der Waals surface area contributed by atoms with E-state index in [0.717, 1.165) is 45.2 Å². The number of fused-ring (bicyclic) bond motifs is 1. The van der Waals surface area contributed by atoms with E-state index < -0.39 is 0 Å². The Bertz CT molecular complexity index is 404. The van der Waals surface area contributed by atoms with Crippen LogP contribution in [-0.2, 0) is 17.6 Å². The summed E-state index contributed by atoms with van der Waals surface area (Å²) in [4.78, 5) is 14.3. The number of hydrogen-bond donors (Lipinski definition) is 1. The van der Waals surface area contributed by atoms with Crippen LogP contribution in [0.25, 0.3) is 0 Å². The highest BCUT2D eigenvalue weighted by atomic mass is 16.2. The maximum Gasteiger partial charge on any atom is 0.239 e. The Morgan fingerprint density at radius 2 is 1.84 bits per heavy atom. The molecule has 2 N–H and O–H groups in total. The summed E-state index contributed by atoms with van der Waals surface area (Å²) >= 11 is 0. The van der Waals surface area contributed by atoms with E-state index >= 15 is 0 Å². The Kier molecular flexibility index (Phi) is 4.97. The predicted octanol–water partition coefficient (Wildman–Crippen LogP) is 2.13. The number of nitrogens with two attached hydrogens (primary N) is 1. The largest absolute Gasteiger partial charge is 0.341 e. The van der Waals surface area contributed by atoms with E-state index in [0.29, 0.717) is 0 Å². The molecule has 1 aliphatic heterocycles. The first-order valence-electron chi connectivity index (χ1n) is 7.33. The van der Waals surface area contributed by atoms with Crippen LogP contribution in [0.1, 0.15) is 37.3 Å². The molecule has 0 spiro atoms. The van der Waals surface area contributed by atoms with Gasteiger partial charge in [0.2, 0.25) is 5.91 Å². The monoisotopic (exact) mass is 260 g/mol. The Balaban J connectivity index is 1.95. The first-order chi connectivity index (χ1) is 9.22. The van der Waals surface area contributed by atoms with Crippen LogP contribution in [-0.4, -0.2) is 29.9 Å². The fourth-order valence-electron chi connectivity index (χ4n) is 2.67. The van der Waals surface area contributed by atoms with Crippen LogP contribution in [0.2, 0.25) is 0 Å². The molecule has 1 aromatic rings. The van der Waals surface area contributed by atoms with Crippen LogP contribution in [0, 0.1) is 0 Å². The van der Waals surface area contributed by atoms with Crippen LogP contribution in [0.15, 0.2) is 24.3 Å². The second-order valence-electron chi connectivity index (χ2n) is 5.34. The second kappa shape index (κ2) is 6.71. The summed E-state index contributed by atoms with van der Waals surface area (Å²) in [5.74, 6) is 0.126. The van der Waals surface area contributed by atoms with Gasteiger partial charge in [-0.05, 0) is 30.4 Å². The van der Waals surface area contributed by atoms with Crippen molar-refractivity contribution in [2.75, 3.05) is 13.1 Å². The van der Waals surface area contributed by atoms with Crippen molar-refractivity contribution in [2.24, 2.45) is 5.73 Å². The standard InChI is InChI=1S/C16H24N2O/c1-2-3-8-15(17)16(19)18-11-9-13-6-4-5-7-14(13)10-12-18/h4-7,15H,2-3,8-12,17H2,1H3. The van der Waals surface area contributed by atoms with Gasteiger partial charge < -0.3 is 10.6 Å². The summed E-state index contributed by atoms with van der Waals surface area (Å²) in [6, 6.07) is 8.16. The smallest absolute Gasteiger partial charge is 0.239 e. The Labute approximate surface area is 115 Å². The van der Waals surface area contributed by atoms with Crippen molar-refractivity contribution in [3.63, 3.8) is 0 Å². The molecule has 0 bridgehead atoms. The number of nitrogens with zero attached hydrogens (tertiary/aromatic N) is 1.